The topological polar surface area (TPSA) is 102 Å². The number of amides is 1. The summed E-state index contributed by atoms with van der Waals surface area (Å²) in [6.45, 7) is 0. The number of nitrogens with zero attached hydrogens (tertiary/aromatic N) is 2. The maximum absolute atomic E-state index is 12.0. The van der Waals surface area contributed by atoms with Crippen LogP contribution in [-0.2, 0) is 17.3 Å². The molecular weight excluding hydrogens is 332 g/mol. The van der Waals surface area contributed by atoms with Gasteiger partial charge in [0.2, 0.25) is 5.88 Å². The number of nitrogens with one attached hydrogen (secondary N) is 2. The molecule has 2 aromatic rings. The predicted molar refractivity (Wildman–Crippen MR) is 81.2 cm³/mol. The molecule has 0 bridgehead atoms. The number of halogens is 1. The Morgan fingerprint density at radius 2 is 1.95 bits per heavy atom. The molecule has 10 heteroatoms. The number of benzene rings is 1. The van der Waals surface area contributed by atoms with Crippen LogP contribution in [0.3, 0.4) is 0 Å². The van der Waals surface area contributed by atoms with Gasteiger partial charge in [0.1, 0.15) is 5.56 Å². The molecule has 1 aromatic heterocycles. The second-order valence-corrected chi connectivity index (χ2v) is 6.12. The Kier molecular flexibility index (Phi) is 4.57. The van der Waals surface area contributed by atoms with Crippen LogP contribution in [0.4, 0.5) is 5.69 Å². The Bertz CT molecular complexity index is 786. The Balaban J connectivity index is 2.14. The molecule has 0 saturated carbocycles. The van der Waals surface area contributed by atoms with Crippen molar-refractivity contribution in [3.05, 3.63) is 41.0 Å². The molecular formula is C12H13ClN4O4S. The van der Waals surface area contributed by atoms with E-state index in [1.165, 1.54) is 42.3 Å². The Morgan fingerprint density at radius 3 is 2.55 bits per heavy atom. The van der Waals surface area contributed by atoms with Crippen LogP contribution in [0.25, 0.3) is 0 Å². The maximum atomic E-state index is 12.0. The first-order chi connectivity index (χ1) is 10.3. The molecule has 22 heavy (non-hydrogen) atoms. The van der Waals surface area contributed by atoms with Crippen LogP contribution >= 0.6 is 11.6 Å². The van der Waals surface area contributed by atoms with Crippen LogP contribution in [0.5, 0.6) is 5.88 Å². The fourth-order valence-electron chi connectivity index (χ4n) is 1.65. The Hall–Kier alpha value is -2.26. The monoisotopic (exact) mass is 344 g/mol. The summed E-state index contributed by atoms with van der Waals surface area (Å²) in [5.74, 6) is -0.826. The number of hydrogen-bond donors (Lipinski definition) is 2. The smallest absolute Gasteiger partial charge is 0.323 e. The molecule has 1 aromatic carbocycles. The van der Waals surface area contributed by atoms with Gasteiger partial charge in [0.15, 0.2) is 0 Å². The molecule has 1 heterocycles. The van der Waals surface area contributed by atoms with Gasteiger partial charge in [0, 0.05) is 18.3 Å². The number of carbonyl (C=O) groups excluding carboxylic acids is 1. The molecule has 1 amide bonds. The van der Waals surface area contributed by atoms with Gasteiger partial charge in [0.05, 0.1) is 12.8 Å². The summed E-state index contributed by atoms with van der Waals surface area (Å²) in [6, 6.07) is 5.98. The molecule has 2 rings (SSSR count). The number of aromatic nitrogens is 2. The largest absolute Gasteiger partial charge is 0.479 e. The summed E-state index contributed by atoms with van der Waals surface area (Å²) in [5.41, 5.74) is 0.273. The molecule has 0 unspecified atom stereocenters. The first kappa shape index (κ1) is 16.1. The summed E-state index contributed by atoms with van der Waals surface area (Å²) in [7, 11) is -1.18. The van der Waals surface area contributed by atoms with Crippen molar-refractivity contribution in [1.29, 1.82) is 0 Å². The minimum Gasteiger partial charge on any atom is -0.479 e. The number of carbonyl (C=O) groups is 1. The fraction of sp³-hybridized carbons (Fsp3) is 0.167. The van der Waals surface area contributed by atoms with Crippen LogP contribution in [-0.4, -0.2) is 31.2 Å². The zero-order chi connectivity index (χ0) is 16.3. The zero-order valence-corrected chi connectivity index (χ0v) is 13.3. The van der Waals surface area contributed by atoms with Crippen molar-refractivity contribution < 1.29 is 17.9 Å². The van der Waals surface area contributed by atoms with Gasteiger partial charge in [0.25, 0.3) is 5.91 Å². The molecule has 0 aliphatic heterocycles. The molecule has 0 aliphatic carbocycles. The molecule has 0 spiro atoms. The molecule has 0 saturated heterocycles. The molecule has 0 aliphatic rings. The van der Waals surface area contributed by atoms with Gasteiger partial charge >= 0.3 is 10.2 Å². The average Bonchev–Trinajstić information content (AvgIpc) is 2.82. The second kappa shape index (κ2) is 6.24. The number of anilines is 1. The lowest BCUT2D eigenvalue weighted by Crippen LogP contribution is -2.35. The number of ether oxygens (including phenoxy) is 1. The number of aryl methyl sites for hydroxylation is 1. The Labute approximate surface area is 132 Å². The first-order valence-electron chi connectivity index (χ1n) is 5.99. The summed E-state index contributed by atoms with van der Waals surface area (Å²) >= 11 is 5.71. The SMILES string of the molecule is COc1nn(C)cc1C(=O)NS(=O)(=O)Nc1ccc(Cl)cc1. The van der Waals surface area contributed by atoms with E-state index in [2.05, 4.69) is 9.82 Å². The minimum absolute atomic E-state index is 0.00600. The van der Waals surface area contributed by atoms with Crippen LogP contribution in [0.2, 0.25) is 5.02 Å². The van der Waals surface area contributed by atoms with Gasteiger partial charge in [-0.15, -0.1) is 5.10 Å². The lowest BCUT2D eigenvalue weighted by atomic mass is 10.3. The van der Waals surface area contributed by atoms with Gasteiger partial charge in [-0.2, -0.15) is 8.42 Å². The van der Waals surface area contributed by atoms with Gasteiger partial charge in [-0.1, -0.05) is 11.6 Å². The average molecular weight is 345 g/mol. The normalized spacial score (nSPS) is 11.0. The van der Waals surface area contributed by atoms with E-state index in [1.54, 1.807) is 7.05 Å². The van der Waals surface area contributed by atoms with Crippen molar-refractivity contribution in [3.63, 3.8) is 0 Å². The zero-order valence-electron chi connectivity index (χ0n) is 11.7. The van der Waals surface area contributed by atoms with Crippen molar-refractivity contribution in [1.82, 2.24) is 14.5 Å². The van der Waals surface area contributed by atoms with Crippen LogP contribution < -0.4 is 14.2 Å². The standard InChI is InChI=1S/C12H13ClN4O4S/c1-17-7-10(12(14-17)21-2)11(18)16-22(19,20)15-9-5-3-8(13)4-6-9/h3-7,15H,1-2H3,(H,16,18). The highest BCUT2D eigenvalue weighted by Crippen LogP contribution is 2.16. The summed E-state index contributed by atoms with van der Waals surface area (Å²) in [6.07, 6.45) is 1.35. The summed E-state index contributed by atoms with van der Waals surface area (Å²) < 4.78 is 34.2. The minimum atomic E-state index is -4.10. The van der Waals surface area contributed by atoms with Gasteiger partial charge in [-0.05, 0) is 24.3 Å². The van der Waals surface area contributed by atoms with Crippen LogP contribution in [0.1, 0.15) is 10.4 Å². The molecule has 8 nitrogen and oxygen atoms in total. The van der Waals surface area contributed by atoms with Crippen LogP contribution in [0.15, 0.2) is 30.5 Å². The number of rotatable bonds is 5. The van der Waals surface area contributed by atoms with E-state index in [0.717, 1.165) is 0 Å². The fourth-order valence-corrected chi connectivity index (χ4v) is 2.63. The summed E-state index contributed by atoms with van der Waals surface area (Å²) in [5, 5.41) is 4.34. The van der Waals surface area contributed by atoms with E-state index in [-0.39, 0.29) is 17.1 Å². The third-order valence-electron chi connectivity index (χ3n) is 2.56. The molecule has 118 valence electrons. The molecule has 0 atom stereocenters. The number of methoxy groups -OCH3 is 1. The van der Waals surface area contributed by atoms with Crippen molar-refractivity contribution in [2.24, 2.45) is 7.05 Å². The second-order valence-electron chi connectivity index (χ2n) is 4.27. The van der Waals surface area contributed by atoms with E-state index in [4.69, 9.17) is 16.3 Å². The van der Waals surface area contributed by atoms with Crippen molar-refractivity contribution in [2.45, 2.75) is 0 Å². The quantitative estimate of drug-likeness (QED) is 0.847. The molecule has 0 fully saturated rings. The van der Waals surface area contributed by atoms with Gasteiger partial charge in [-0.25, -0.2) is 4.72 Å². The third kappa shape index (κ3) is 3.89. The highest BCUT2D eigenvalue weighted by molar-refractivity contribution is 7.91. The first-order valence-corrected chi connectivity index (χ1v) is 7.85. The third-order valence-corrected chi connectivity index (χ3v) is 3.77. The lowest BCUT2D eigenvalue weighted by Gasteiger charge is -2.09. The van der Waals surface area contributed by atoms with Crippen molar-refractivity contribution in [3.8, 4) is 5.88 Å². The van der Waals surface area contributed by atoms with E-state index in [0.29, 0.717) is 5.02 Å². The van der Waals surface area contributed by atoms with E-state index in [9.17, 15) is 13.2 Å². The van der Waals surface area contributed by atoms with E-state index >= 15 is 0 Å². The van der Waals surface area contributed by atoms with Gasteiger partial charge in [-0.3, -0.25) is 14.2 Å². The van der Waals surface area contributed by atoms with E-state index in [1.807, 2.05) is 4.72 Å². The Morgan fingerprint density at radius 1 is 1.32 bits per heavy atom. The van der Waals surface area contributed by atoms with Crippen molar-refractivity contribution in [2.75, 3.05) is 11.8 Å². The van der Waals surface area contributed by atoms with Crippen molar-refractivity contribution >= 4 is 33.4 Å². The predicted octanol–water partition coefficient (Wildman–Crippen LogP) is 1.17. The van der Waals surface area contributed by atoms with E-state index < -0.39 is 16.1 Å². The maximum Gasteiger partial charge on any atom is 0.323 e. The lowest BCUT2D eigenvalue weighted by molar-refractivity contribution is 0.0978. The molecule has 2 N–H and O–H groups in total. The number of hydrogen-bond acceptors (Lipinski definition) is 5. The summed E-state index contributed by atoms with van der Waals surface area (Å²) in [4.78, 5) is 12.0. The van der Waals surface area contributed by atoms with Crippen LogP contribution in [0, 0.1) is 0 Å². The highest BCUT2D eigenvalue weighted by Gasteiger charge is 2.21. The highest BCUT2D eigenvalue weighted by atomic mass is 35.5. The van der Waals surface area contributed by atoms with Gasteiger partial charge < -0.3 is 4.74 Å². The molecule has 0 radical (unpaired) electrons.